The molecule has 2 aromatic carbocycles. The van der Waals surface area contributed by atoms with Gasteiger partial charge in [0.15, 0.2) is 5.78 Å². The first-order valence-electron chi connectivity index (χ1n) is 6.24. The van der Waals surface area contributed by atoms with E-state index in [1.807, 2.05) is 18.2 Å². The molecule has 0 aliphatic rings. The largest absolute Gasteiger partial charge is 0.497 e. The number of ether oxygens (including phenoxy) is 1. The van der Waals surface area contributed by atoms with Gasteiger partial charge in [0.1, 0.15) is 5.75 Å². The minimum Gasteiger partial charge on any atom is -0.497 e. The number of fused-ring (bicyclic) bond motifs is 1. The first-order valence-corrected chi connectivity index (χ1v) is 6.24. The van der Waals surface area contributed by atoms with Crippen LogP contribution in [0.15, 0.2) is 48.7 Å². The molecular formula is C16H14N2O2. The zero-order chi connectivity index (χ0) is 14.1. The van der Waals surface area contributed by atoms with Crippen molar-refractivity contribution in [2.45, 2.75) is 0 Å². The Bertz CT molecular complexity index is 773. The van der Waals surface area contributed by atoms with Crippen molar-refractivity contribution in [1.29, 1.82) is 0 Å². The fraction of sp³-hybridized carbons (Fsp3) is 0.0625. The van der Waals surface area contributed by atoms with Gasteiger partial charge in [0.2, 0.25) is 0 Å². The van der Waals surface area contributed by atoms with Crippen LogP contribution in [0.3, 0.4) is 0 Å². The van der Waals surface area contributed by atoms with Crippen LogP contribution in [0.4, 0.5) is 5.69 Å². The van der Waals surface area contributed by atoms with Gasteiger partial charge in [0.05, 0.1) is 7.11 Å². The molecule has 0 unspecified atom stereocenters. The number of anilines is 1. The Morgan fingerprint density at radius 1 is 1.15 bits per heavy atom. The van der Waals surface area contributed by atoms with Gasteiger partial charge in [-0.05, 0) is 42.5 Å². The number of rotatable bonds is 3. The van der Waals surface area contributed by atoms with Crippen molar-refractivity contribution >= 4 is 22.4 Å². The molecule has 3 rings (SSSR count). The van der Waals surface area contributed by atoms with Crippen molar-refractivity contribution < 1.29 is 9.53 Å². The Kier molecular flexibility index (Phi) is 2.91. The molecular weight excluding hydrogens is 252 g/mol. The van der Waals surface area contributed by atoms with Gasteiger partial charge < -0.3 is 15.5 Å². The summed E-state index contributed by atoms with van der Waals surface area (Å²) in [7, 11) is 1.61. The standard InChI is InChI=1S/C16H14N2O2/c1-20-12-6-7-15-13(8-12)14(9-18-15)16(19)10-2-4-11(17)5-3-10/h2-9,18H,17H2,1H3. The van der Waals surface area contributed by atoms with E-state index in [4.69, 9.17) is 10.5 Å². The summed E-state index contributed by atoms with van der Waals surface area (Å²) in [5, 5.41) is 0.853. The first-order chi connectivity index (χ1) is 9.69. The number of hydrogen-bond donors (Lipinski definition) is 2. The van der Waals surface area contributed by atoms with E-state index in [0.29, 0.717) is 16.8 Å². The van der Waals surface area contributed by atoms with E-state index in [2.05, 4.69) is 4.98 Å². The van der Waals surface area contributed by atoms with E-state index < -0.39 is 0 Å². The number of H-pyrrole nitrogens is 1. The summed E-state index contributed by atoms with van der Waals surface area (Å²) in [5.74, 6) is 0.688. The molecule has 0 amide bonds. The molecule has 3 aromatic rings. The Balaban J connectivity index is 2.09. The van der Waals surface area contributed by atoms with Gasteiger partial charge in [0.25, 0.3) is 0 Å². The highest BCUT2D eigenvalue weighted by atomic mass is 16.5. The average molecular weight is 266 g/mol. The van der Waals surface area contributed by atoms with Gasteiger partial charge >= 0.3 is 0 Å². The molecule has 0 spiro atoms. The van der Waals surface area contributed by atoms with Crippen LogP contribution in [0.25, 0.3) is 10.9 Å². The van der Waals surface area contributed by atoms with Crippen LogP contribution in [0, 0.1) is 0 Å². The zero-order valence-electron chi connectivity index (χ0n) is 11.0. The third-order valence-electron chi connectivity index (χ3n) is 3.31. The highest BCUT2D eigenvalue weighted by molar-refractivity contribution is 6.16. The zero-order valence-corrected chi connectivity index (χ0v) is 11.0. The molecule has 4 nitrogen and oxygen atoms in total. The van der Waals surface area contributed by atoms with Crippen LogP contribution in [0.2, 0.25) is 0 Å². The van der Waals surface area contributed by atoms with Crippen molar-refractivity contribution in [2.24, 2.45) is 0 Å². The number of hydrogen-bond acceptors (Lipinski definition) is 3. The molecule has 0 radical (unpaired) electrons. The predicted molar refractivity (Wildman–Crippen MR) is 79.1 cm³/mol. The monoisotopic (exact) mass is 266 g/mol. The van der Waals surface area contributed by atoms with Crippen LogP contribution in [-0.2, 0) is 0 Å². The van der Waals surface area contributed by atoms with E-state index in [-0.39, 0.29) is 5.78 Å². The smallest absolute Gasteiger partial charge is 0.195 e. The quantitative estimate of drug-likeness (QED) is 0.565. The topological polar surface area (TPSA) is 68.1 Å². The molecule has 0 saturated carbocycles. The number of nitrogen functional groups attached to an aromatic ring is 1. The maximum absolute atomic E-state index is 12.5. The van der Waals surface area contributed by atoms with Crippen molar-refractivity contribution in [2.75, 3.05) is 12.8 Å². The lowest BCUT2D eigenvalue weighted by atomic mass is 10.0. The van der Waals surface area contributed by atoms with Crippen molar-refractivity contribution in [1.82, 2.24) is 4.98 Å². The number of benzene rings is 2. The number of nitrogens with one attached hydrogen (secondary N) is 1. The van der Waals surface area contributed by atoms with Crippen LogP contribution in [-0.4, -0.2) is 17.9 Å². The Morgan fingerprint density at radius 2 is 1.90 bits per heavy atom. The molecule has 0 aliphatic carbocycles. The molecule has 1 aromatic heterocycles. The van der Waals surface area contributed by atoms with Gasteiger partial charge in [-0.1, -0.05) is 0 Å². The summed E-state index contributed by atoms with van der Waals surface area (Å²) in [6.07, 6.45) is 1.72. The third-order valence-corrected chi connectivity index (χ3v) is 3.31. The number of nitrogens with two attached hydrogens (primary N) is 1. The Morgan fingerprint density at radius 3 is 2.60 bits per heavy atom. The second-order valence-corrected chi connectivity index (χ2v) is 4.56. The second-order valence-electron chi connectivity index (χ2n) is 4.56. The van der Waals surface area contributed by atoms with Crippen molar-refractivity contribution in [3.63, 3.8) is 0 Å². The van der Waals surface area contributed by atoms with E-state index >= 15 is 0 Å². The molecule has 0 aliphatic heterocycles. The fourth-order valence-electron chi connectivity index (χ4n) is 2.20. The fourth-order valence-corrected chi connectivity index (χ4v) is 2.20. The predicted octanol–water partition coefficient (Wildman–Crippen LogP) is 2.99. The number of aromatic nitrogens is 1. The lowest BCUT2D eigenvalue weighted by molar-refractivity contribution is 0.104. The van der Waals surface area contributed by atoms with Gasteiger partial charge in [-0.25, -0.2) is 0 Å². The second kappa shape index (κ2) is 4.74. The number of aromatic amines is 1. The van der Waals surface area contributed by atoms with Crippen molar-refractivity contribution in [3.05, 3.63) is 59.8 Å². The highest BCUT2D eigenvalue weighted by Crippen LogP contribution is 2.25. The summed E-state index contributed by atoms with van der Waals surface area (Å²) in [5.41, 5.74) is 8.43. The molecule has 100 valence electrons. The SMILES string of the molecule is COc1ccc2[nH]cc(C(=O)c3ccc(N)cc3)c2c1. The molecule has 0 fully saturated rings. The molecule has 0 saturated heterocycles. The lowest BCUT2D eigenvalue weighted by Crippen LogP contribution is -2.00. The molecule has 3 N–H and O–H groups in total. The normalized spacial score (nSPS) is 10.7. The van der Waals surface area contributed by atoms with Gasteiger partial charge in [-0.15, -0.1) is 0 Å². The van der Waals surface area contributed by atoms with E-state index in [1.54, 1.807) is 37.6 Å². The van der Waals surface area contributed by atoms with E-state index in [0.717, 1.165) is 16.7 Å². The first kappa shape index (κ1) is 12.3. The number of ketones is 1. The maximum atomic E-state index is 12.5. The van der Waals surface area contributed by atoms with Gasteiger partial charge in [-0.3, -0.25) is 4.79 Å². The highest BCUT2D eigenvalue weighted by Gasteiger charge is 2.14. The molecule has 20 heavy (non-hydrogen) atoms. The number of carbonyl (C=O) groups is 1. The van der Waals surface area contributed by atoms with Crippen molar-refractivity contribution in [3.8, 4) is 5.75 Å². The van der Waals surface area contributed by atoms with Crippen LogP contribution < -0.4 is 10.5 Å². The van der Waals surface area contributed by atoms with Gasteiger partial charge in [-0.2, -0.15) is 0 Å². The summed E-state index contributed by atoms with van der Waals surface area (Å²) < 4.78 is 5.21. The summed E-state index contributed by atoms with van der Waals surface area (Å²) in [6, 6.07) is 12.5. The molecule has 0 atom stereocenters. The summed E-state index contributed by atoms with van der Waals surface area (Å²) in [6.45, 7) is 0. The minimum atomic E-state index is -0.0375. The average Bonchev–Trinajstić information content (AvgIpc) is 2.90. The number of methoxy groups -OCH3 is 1. The maximum Gasteiger partial charge on any atom is 0.195 e. The van der Waals surface area contributed by atoms with Crippen LogP contribution >= 0.6 is 0 Å². The summed E-state index contributed by atoms with van der Waals surface area (Å²) >= 11 is 0. The van der Waals surface area contributed by atoms with Gasteiger partial charge in [0, 0.05) is 33.9 Å². The molecule has 0 bridgehead atoms. The van der Waals surface area contributed by atoms with E-state index in [9.17, 15) is 4.79 Å². The van der Waals surface area contributed by atoms with E-state index in [1.165, 1.54) is 0 Å². The summed E-state index contributed by atoms with van der Waals surface area (Å²) in [4.78, 5) is 15.6. The van der Waals surface area contributed by atoms with Crippen LogP contribution in [0.1, 0.15) is 15.9 Å². The third kappa shape index (κ3) is 2.01. The minimum absolute atomic E-state index is 0.0375. The Labute approximate surface area is 116 Å². The molecule has 1 heterocycles. The lowest BCUT2D eigenvalue weighted by Gasteiger charge is -2.02. The van der Waals surface area contributed by atoms with Crippen LogP contribution in [0.5, 0.6) is 5.75 Å². The number of carbonyl (C=O) groups excluding carboxylic acids is 1. The Hall–Kier alpha value is -2.75. The molecule has 4 heteroatoms.